The molecule has 0 amide bonds. The quantitative estimate of drug-likeness (QED) is 0.713. The predicted molar refractivity (Wildman–Crippen MR) is 51.6 cm³/mol. The van der Waals surface area contributed by atoms with E-state index >= 15 is 0 Å². The van der Waals surface area contributed by atoms with E-state index in [-0.39, 0.29) is 22.6 Å². The molecule has 0 saturated carbocycles. The van der Waals surface area contributed by atoms with Gasteiger partial charge in [-0.1, -0.05) is 6.92 Å². The lowest BCUT2D eigenvalue weighted by atomic mass is 10.1. The van der Waals surface area contributed by atoms with Gasteiger partial charge in [0.05, 0.1) is 10.6 Å². The Balaban J connectivity index is 3.55. The molecule has 4 N–H and O–H groups in total. The molecule has 0 bridgehead atoms. The van der Waals surface area contributed by atoms with Crippen LogP contribution in [0.1, 0.15) is 12.5 Å². The van der Waals surface area contributed by atoms with Gasteiger partial charge in [-0.25, -0.2) is 17.9 Å². The van der Waals surface area contributed by atoms with E-state index in [4.69, 9.17) is 10.9 Å². The van der Waals surface area contributed by atoms with Crippen LogP contribution in [0.5, 0.6) is 0 Å². The zero-order valence-electron chi connectivity index (χ0n) is 7.62. The Labute approximate surface area is 81.8 Å². The summed E-state index contributed by atoms with van der Waals surface area (Å²) in [4.78, 5) is -0.202. The molecule has 0 aliphatic rings. The van der Waals surface area contributed by atoms with Crippen molar-refractivity contribution < 1.29 is 12.8 Å². The highest BCUT2D eigenvalue weighted by atomic mass is 32.2. The van der Waals surface area contributed by atoms with Crippen LogP contribution in [-0.4, -0.2) is 8.42 Å². The Morgan fingerprint density at radius 1 is 1.43 bits per heavy atom. The Morgan fingerprint density at radius 2 is 2.00 bits per heavy atom. The first-order valence-corrected chi connectivity index (χ1v) is 5.52. The summed E-state index contributed by atoms with van der Waals surface area (Å²) in [5.74, 6) is -0.709. The van der Waals surface area contributed by atoms with Crippen molar-refractivity contribution in [2.24, 2.45) is 5.14 Å². The first kappa shape index (κ1) is 10.9. The minimum atomic E-state index is -3.88. The molecule has 0 aliphatic heterocycles. The van der Waals surface area contributed by atoms with Crippen molar-refractivity contribution in [1.29, 1.82) is 0 Å². The van der Waals surface area contributed by atoms with Crippen LogP contribution < -0.4 is 10.9 Å². The van der Waals surface area contributed by atoms with Crippen molar-refractivity contribution in [3.05, 3.63) is 23.5 Å². The van der Waals surface area contributed by atoms with Crippen LogP contribution in [0.4, 0.5) is 10.1 Å². The molecule has 0 aliphatic carbocycles. The van der Waals surface area contributed by atoms with E-state index in [0.717, 1.165) is 0 Å². The van der Waals surface area contributed by atoms with Gasteiger partial charge in [-0.15, -0.1) is 0 Å². The fraction of sp³-hybridized carbons (Fsp3) is 0.250. The average Bonchev–Trinajstić information content (AvgIpc) is 2.07. The van der Waals surface area contributed by atoms with Crippen LogP contribution in [0.3, 0.4) is 0 Å². The van der Waals surface area contributed by atoms with Gasteiger partial charge in [0.15, 0.2) is 5.82 Å². The number of benzene rings is 1. The van der Waals surface area contributed by atoms with Crippen LogP contribution in [0.15, 0.2) is 17.0 Å². The van der Waals surface area contributed by atoms with Gasteiger partial charge in [0.1, 0.15) is 0 Å². The maximum Gasteiger partial charge on any atom is 0.238 e. The Kier molecular flexibility index (Phi) is 2.77. The van der Waals surface area contributed by atoms with Crippen LogP contribution in [-0.2, 0) is 16.4 Å². The summed E-state index contributed by atoms with van der Waals surface area (Å²) in [7, 11) is -3.88. The molecule has 0 saturated heterocycles. The van der Waals surface area contributed by atoms with Gasteiger partial charge < -0.3 is 5.73 Å². The van der Waals surface area contributed by atoms with E-state index in [0.29, 0.717) is 0 Å². The first-order chi connectivity index (χ1) is 6.38. The summed E-state index contributed by atoms with van der Waals surface area (Å²) in [6.45, 7) is 1.63. The van der Waals surface area contributed by atoms with Gasteiger partial charge >= 0.3 is 0 Å². The lowest BCUT2D eigenvalue weighted by Gasteiger charge is -2.08. The van der Waals surface area contributed by atoms with Gasteiger partial charge in [-0.3, -0.25) is 0 Å². The highest BCUT2D eigenvalue weighted by molar-refractivity contribution is 7.89. The number of hydrogen-bond donors (Lipinski definition) is 2. The topological polar surface area (TPSA) is 86.2 Å². The summed E-state index contributed by atoms with van der Waals surface area (Å²) in [6, 6.07) is 2.40. The second-order valence-corrected chi connectivity index (χ2v) is 4.37. The van der Waals surface area contributed by atoms with Crippen LogP contribution in [0.25, 0.3) is 0 Å². The maximum atomic E-state index is 13.3. The smallest absolute Gasteiger partial charge is 0.238 e. The number of halogens is 1. The SMILES string of the molecule is CCc1c(S(N)(=O)=O)ccc(N)c1F. The molecule has 6 heteroatoms. The third kappa shape index (κ3) is 1.85. The molecule has 0 unspecified atom stereocenters. The minimum absolute atomic E-state index is 0.0347. The van der Waals surface area contributed by atoms with Crippen LogP contribution >= 0.6 is 0 Å². The lowest BCUT2D eigenvalue weighted by Crippen LogP contribution is -2.15. The highest BCUT2D eigenvalue weighted by Gasteiger charge is 2.17. The number of primary sulfonamides is 1. The summed E-state index contributed by atoms with van der Waals surface area (Å²) in [5.41, 5.74) is 5.26. The largest absolute Gasteiger partial charge is 0.396 e. The van der Waals surface area contributed by atoms with Crippen molar-refractivity contribution in [2.75, 3.05) is 5.73 Å². The van der Waals surface area contributed by atoms with E-state index in [9.17, 15) is 12.8 Å². The monoisotopic (exact) mass is 218 g/mol. The molecular formula is C8H11FN2O2S. The maximum absolute atomic E-state index is 13.3. The molecule has 0 spiro atoms. The third-order valence-corrected chi connectivity index (χ3v) is 2.89. The molecule has 0 aromatic heterocycles. The van der Waals surface area contributed by atoms with Crippen molar-refractivity contribution >= 4 is 15.7 Å². The summed E-state index contributed by atoms with van der Waals surface area (Å²) in [6.07, 6.45) is 0.225. The molecule has 1 aromatic rings. The Hall–Kier alpha value is -1.14. The third-order valence-electron chi connectivity index (χ3n) is 1.89. The van der Waals surface area contributed by atoms with Gasteiger partial charge in [0.25, 0.3) is 0 Å². The average molecular weight is 218 g/mol. The highest BCUT2D eigenvalue weighted by Crippen LogP contribution is 2.22. The van der Waals surface area contributed by atoms with E-state index in [2.05, 4.69) is 0 Å². The number of rotatable bonds is 2. The minimum Gasteiger partial charge on any atom is -0.396 e. The van der Waals surface area contributed by atoms with Gasteiger partial charge in [0, 0.05) is 5.56 Å². The normalized spacial score (nSPS) is 11.6. The second kappa shape index (κ2) is 3.55. The standard InChI is InChI=1S/C8H11FN2O2S/c1-2-5-7(14(11,12)13)4-3-6(10)8(5)9/h3-4H,2,10H2,1H3,(H2,11,12,13). The van der Waals surface area contributed by atoms with Crippen molar-refractivity contribution in [1.82, 2.24) is 0 Å². The molecule has 0 radical (unpaired) electrons. The van der Waals surface area contributed by atoms with E-state index in [1.165, 1.54) is 12.1 Å². The lowest BCUT2D eigenvalue weighted by molar-refractivity contribution is 0.586. The zero-order valence-corrected chi connectivity index (χ0v) is 8.44. The van der Waals surface area contributed by atoms with E-state index < -0.39 is 15.8 Å². The number of hydrogen-bond acceptors (Lipinski definition) is 3. The van der Waals surface area contributed by atoms with Gasteiger partial charge in [-0.2, -0.15) is 0 Å². The van der Waals surface area contributed by atoms with Crippen molar-refractivity contribution in [3.63, 3.8) is 0 Å². The number of sulfonamides is 1. The molecule has 14 heavy (non-hydrogen) atoms. The number of anilines is 1. The van der Waals surface area contributed by atoms with Crippen LogP contribution in [0, 0.1) is 5.82 Å². The Bertz CT molecular complexity index is 457. The molecule has 1 aromatic carbocycles. The molecule has 0 fully saturated rings. The zero-order chi connectivity index (χ0) is 10.9. The van der Waals surface area contributed by atoms with Gasteiger partial charge in [0.2, 0.25) is 10.0 Å². The summed E-state index contributed by atoms with van der Waals surface area (Å²) < 4.78 is 35.4. The summed E-state index contributed by atoms with van der Waals surface area (Å²) >= 11 is 0. The molecule has 4 nitrogen and oxygen atoms in total. The van der Waals surface area contributed by atoms with Gasteiger partial charge in [-0.05, 0) is 18.6 Å². The second-order valence-electron chi connectivity index (χ2n) is 2.84. The van der Waals surface area contributed by atoms with Crippen molar-refractivity contribution in [2.45, 2.75) is 18.2 Å². The molecule has 1 rings (SSSR count). The molecular weight excluding hydrogens is 207 g/mol. The van der Waals surface area contributed by atoms with Crippen molar-refractivity contribution in [3.8, 4) is 0 Å². The Morgan fingerprint density at radius 3 is 2.43 bits per heavy atom. The van der Waals surface area contributed by atoms with E-state index in [1.54, 1.807) is 6.92 Å². The number of nitrogens with two attached hydrogens (primary N) is 2. The first-order valence-electron chi connectivity index (χ1n) is 3.97. The molecule has 0 heterocycles. The summed E-state index contributed by atoms with van der Waals surface area (Å²) in [5, 5.41) is 4.92. The van der Waals surface area contributed by atoms with E-state index in [1.807, 2.05) is 0 Å². The molecule has 78 valence electrons. The molecule has 0 atom stereocenters. The predicted octanol–water partition coefficient (Wildman–Crippen LogP) is 0.618. The fourth-order valence-corrected chi connectivity index (χ4v) is 2.05. The fourth-order valence-electron chi connectivity index (χ4n) is 1.22. The van der Waals surface area contributed by atoms with Crippen LogP contribution in [0.2, 0.25) is 0 Å². The number of nitrogen functional groups attached to an aromatic ring is 1.